The van der Waals surface area contributed by atoms with Crippen LogP contribution in [0.4, 0.5) is 0 Å². The van der Waals surface area contributed by atoms with E-state index in [1.807, 2.05) is 20.8 Å². The Morgan fingerprint density at radius 3 is 2.15 bits per heavy atom. The van der Waals surface area contributed by atoms with Crippen molar-refractivity contribution >= 4 is 15.9 Å². The highest BCUT2D eigenvalue weighted by Gasteiger charge is 2.09. The summed E-state index contributed by atoms with van der Waals surface area (Å²) >= 11 is 3.43. The van der Waals surface area contributed by atoms with Crippen LogP contribution in [0.25, 0.3) is 0 Å². The molecule has 0 aliphatic heterocycles. The lowest BCUT2D eigenvalue weighted by Crippen LogP contribution is -2.18. The Balaban J connectivity index is 3.91. The fraction of sp³-hybridized carbons (Fsp3) is 0.800. The zero-order chi connectivity index (χ0) is 10.1. The second-order valence-corrected chi connectivity index (χ2v) is 3.19. The van der Waals surface area contributed by atoms with Crippen LogP contribution in [0.15, 0.2) is 11.6 Å². The maximum absolute atomic E-state index is 5.43. The highest BCUT2D eigenvalue weighted by Crippen LogP contribution is 2.12. The Labute approximate surface area is 89.4 Å². The molecule has 13 heavy (non-hydrogen) atoms. The maximum atomic E-state index is 5.43. The van der Waals surface area contributed by atoms with Crippen LogP contribution in [-0.4, -0.2) is 24.8 Å². The van der Waals surface area contributed by atoms with Gasteiger partial charge in [-0.2, -0.15) is 0 Å². The van der Waals surface area contributed by atoms with Crippen LogP contribution >= 0.6 is 15.9 Å². The number of hydrogen-bond acceptors (Lipinski definition) is 2. The molecule has 78 valence electrons. The van der Waals surface area contributed by atoms with E-state index in [1.54, 1.807) is 0 Å². The van der Waals surface area contributed by atoms with Crippen molar-refractivity contribution < 1.29 is 9.47 Å². The number of allylic oxidation sites excluding steroid dienone is 1. The van der Waals surface area contributed by atoms with Crippen molar-refractivity contribution in [2.45, 2.75) is 33.5 Å². The molecular formula is C10H19BrO2. The zero-order valence-electron chi connectivity index (χ0n) is 8.68. The lowest BCUT2D eigenvalue weighted by atomic mass is 10.2. The number of halogens is 1. The van der Waals surface area contributed by atoms with Crippen LogP contribution in [-0.2, 0) is 9.47 Å². The van der Waals surface area contributed by atoms with Gasteiger partial charge in [0.2, 0.25) is 0 Å². The molecule has 0 aliphatic carbocycles. The fourth-order valence-corrected chi connectivity index (χ4v) is 1.55. The summed E-state index contributed by atoms with van der Waals surface area (Å²) in [6, 6.07) is 0. The first kappa shape index (κ1) is 13.1. The minimum atomic E-state index is -0.0845. The normalized spacial score (nSPS) is 12.5. The molecule has 0 amide bonds. The topological polar surface area (TPSA) is 18.5 Å². The first-order valence-electron chi connectivity index (χ1n) is 4.71. The Hall–Kier alpha value is 0.140. The summed E-state index contributed by atoms with van der Waals surface area (Å²) in [5, 5.41) is 0.889. The number of hydrogen-bond donors (Lipinski definition) is 0. The molecule has 0 heterocycles. The Morgan fingerprint density at radius 1 is 1.31 bits per heavy atom. The van der Waals surface area contributed by atoms with Crippen LogP contribution in [0.3, 0.4) is 0 Å². The summed E-state index contributed by atoms with van der Waals surface area (Å²) in [4.78, 5) is 0. The summed E-state index contributed by atoms with van der Waals surface area (Å²) in [7, 11) is 0. The third-order valence-corrected chi connectivity index (χ3v) is 2.43. The van der Waals surface area contributed by atoms with Gasteiger partial charge in [0.05, 0.1) is 0 Å². The van der Waals surface area contributed by atoms with E-state index >= 15 is 0 Å². The Morgan fingerprint density at radius 2 is 1.85 bits per heavy atom. The molecule has 0 aliphatic rings. The van der Waals surface area contributed by atoms with Crippen molar-refractivity contribution in [2.24, 2.45) is 0 Å². The second-order valence-electron chi connectivity index (χ2n) is 2.62. The molecule has 0 saturated heterocycles. The van der Waals surface area contributed by atoms with Gasteiger partial charge in [0.25, 0.3) is 0 Å². The number of alkyl halides is 1. The molecule has 0 bridgehead atoms. The quantitative estimate of drug-likeness (QED) is 0.393. The lowest BCUT2D eigenvalue weighted by molar-refractivity contribution is -0.134. The summed E-state index contributed by atoms with van der Waals surface area (Å²) in [5.41, 5.74) is 1.31. The first-order chi connectivity index (χ1) is 6.28. The van der Waals surface area contributed by atoms with Crippen molar-refractivity contribution in [2.75, 3.05) is 18.5 Å². The lowest BCUT2D eigenvalue weighted by Gasteiger charge is -2.17. The molecule has 0 aromatic carbocycles. The maximum Gasteiger partial charge on any atom is 0.161 e. The molecule has 0 spiro atoms. The highest BCUT2D eigenvalue weighted by molar-refractivity contribution is 9.09. The van der Waals surface area contributed by atoms with E-state index in [4.69, 9.17) is 9.47 Å². The van der Waals surface area contributed by atoms with E-state index in [9.17, 15) is 0 Å². The van der Waals surface area contributed by atoms with Gasteiger partial charge in [-0.1, -0.05) is 27.6 Å². The largest absolute Gasteiger partial charge is 0.353 e. The Kier molecular flexibility index (Phi) is 8.82. The molecule has 0 radical (unpaired) electrons. The molecule has 3 heteroatoms. The van der Waals surface area contributed by atoms with Gasteiger partial charge in [0.15, 0.2) is 6.29 Å². The van der Waals surface area contributed by atoms with Crippen LogP contribution in [0.5, 0.6) is 0 Å². The van der Waals surface area contributed by atoms with E-state index in [2.05, 4.69) is 22.0 Å². The van der Waals surface area contributed by atoms with E-state index in [1.165, 1.54) is 5.57 Å². The van der Waals surface area contributed by atoms with Gasteiger partial charge in [0.1, 0.15) is 0 Å². The molecule has 0 atom stereocenters. The first-order valence-corrected chi connectivity index (χ1v) is 5.83. The van der Waals surface area contributed by atoms with Gasteiger partial charge in [-0.25, -0.2) is 0 Å². The van der Waals surface area contributed by atoms with Crippen molar-refractivity contribution in [1.29, 1.82) is 0 Å². The van der Waals surface area contributed by atoms with Gasteiger partial charge in [-0.15, -0.1) is 0 Å². The predicted molar refractivity (Wildman–Crippen MR) is 59.2 cm³/mol. The van der Waals surface area contributed by atoms with Gasteiger partial charge < -0.3 is 9.47 Å². The molecular weight excluding hydrogens is 232 g/mol. The Bertz CT molecular complexity index is 140. The molecule has 0 fully saturated rings. The standard InChI is InChI=1S/C10H19BrO2/c1-4-9(8-11)7-10(12-5-2)13-6-3/h4,10H,5-8H2,1-3H3/b9-4+. The molecule has 0 rings (SSSR count). The minimum Gasteiger partial charge on any atom is -0.353 e. The molecule has 2 nitrogen and oxygen atoms in total. The van der Waals surface area contributed by atoms with Gasteiger partial charge in [-0.05, 0) is 20.8 Å². The van der Waals surface area contributed by atoms with Crippen LogP contribution in [0.2, 0.25) is 0 Å². The highest BCUT2D eigenvalue weighted by atomic mass is 79.9. The van der Waals surface area contributed by atoms with Crippen LogP contribution in [0, 0.1) is 0 Å². The fourth-order valence-electron chi connectivity index (χ4n) is 1.00. The molecule has 0 unspecified atom stereocenters. The van der Waals surface area contributed by atoms with Crippen LogP contribution < -0.4 is 0 Å². The average molecular weight is 251 g/mol. The van der Waals surface area contributed by atoms with Gasteiger partial charge in [-0.3, -0.25) is 0 Å². The van der Waals surface area contributed by atoms with Gasteiger partial charge in [0, 0.05) is 25.0 Å². The van der Waals surface area contributed by atoms with Crippen molar-refractivity contribution in [3.05, 3.63) is 11.6 Å². The number of rotatable bonds is 7. The summed E-state index contributed by atoms with van der Waals surface area (Å²) in [6.07, 6.45) is 2.86. The van der Waals surface area contributed by atoms with Crippen molar-refractivity contribution in [1.82, 2.24) is 0 Å². The average Bonchev–Trinajstić information content (AvgIpc) is 2.14. The summed E-state index contributed by atoms with van der Waals surface area (Å²) in [6.45, 7) is 7.39. The monoisotopic (exact) mass is 250 g/mol. The third kappa shape index (κ3) is 6.24. The minimum absolute atomic E-state index is 0.0845. The summed E-state index contributed by atoms with van der Waals surface area (Å²) < 4.78 is 10.9. The van der Waals surface area contributed by atoms with E-state index < -0.39 is 0 Å². The SMILES string of the molecule is C/C=C(/CBr)CC(OCC)OCC. The van der Waals surface area contributed by atoms with Crippen molar-refractivity contribution in [3.63, 3.8) is 0 Å². The molecule has 0 saturated carbocycles. The van der Waals surface area contributed by atoms with E-state index in [-0.39, 0.29) is 6.29 Å². The van der Waals surface area contributed by atoms with Gasteiger partial charge >= 0.3 is 0 Å². The zero-order valence-corrected chi connectivity index (χ0v) is 10.3. The number of ether oxygens (including phenoxy) is 2. The van der Waals surface area contributed by atoms with Crippen LogP contribution in [0.1, 0.15) is 27.2 Å². The smallest absolute Gasteiger partial charge is 0.161 e. The third-order valence-electron chi connectivity index (χ3n) is 1.71. The predicted octanol–water partition coefficient (Wildman–Crippen LogP) is 3.12. The molecule has 0 aromatic heterocycles. The van der Waals surface area contributed by atoms with E-state index in [0.717, 1.165) is 11.8 Å². The molecule has 0 N–H and O–H groups in total. The molecule has 0 aromatic rings. The van der Waals surface area contributed by atoms with Crippen molar-refractivity contribution in [3.8, 4) is 0 Å². The summed E-state index contributed by atoms with van der Waals surface area (Å²) in [5.74, 6) is 0. The van der Waals surface area contributed by atoms with E-state index in [0.29, 0.717) is 13.2 Å². The second kappa shape index (κ2) is 8.73.